The van der Waals surface area contributed by atoms with Gasteiger partial charge in [0.2, 0.25) is 0 Å². The molecule has 18 heavy (non-hydrogen) atoms. The number of nitrogens with one attached hydrogen (secondary N) is 1. The molecule has 1 N–H and O–H groups in total. The number of halogens is 3. The van der Waals surface area contributed by atoms with E-state index in [-0.39, 0.29) is 12.0 Å². The number of hydrogen-bond acceptors (Lipinski definition) is 2. The van der Waals surface area contributed by atoms with Crippen LogP contribution >= 0.6 is 0 Å². The Bertz CT molecular complexity index is 396. The SMILES string of the molecule is Cc1ccc(C2(COCC(F)(F)F)CNC2)cc1. The highest BCUT2D eigenvalue weighted by molar-refractivity contribution is 5.32. The fourth-order valence-electron chi connectivity index (χ4n) is 2.09. The van der Waals surface area contributed by atoms with Crippen LogP contribution in [-0.4, -0.2) is 32.5 Å². The molecular weight excluding hydrogens is 243 g/mol. The van der Waals surface area contributed by atoms with Crippen LogP contribution in [0.15, 0.2) is 24.3 Å². The lowest BCUT2D eigenvalue weighted by molar-refractivity contribution is -0.179. The maximum Gasteiger partial charge on any atom is 0.411 e. The van der Waals surface area contributed by atoms with E-state index in [0.717, 1.165) is 11.1 Å². The van der Waals surface area contributed by atoms with Crippen LogP contribution in [0.5, 0.6) is 0 Å². The quantitative estimate of drug-likeness (QED) is 0.896. The predicted octanol–water partition coefficient (Wildman–Crippen LogP) is 2.41. The number of alkyl halides is 3. The van der Waals surface area contributed by atoms with E-state index in [1.807, 2.05) is 31.2 Å². The second kappa shape index (κ2) is 4.90. The molecule has 0 unspecified atom stereocenters. The van der Waals surface area contributed by atoms with Gasteiger partial charge < -0.3 is 10.1 Å². The molecule has 1 fully saturated rings. The van der Waals surface area contributed by atoms with Gasteiger partial charge in [0.25, 0.3) is 0 Å². The summed E-state index contributed by atoms with van der Waals surface area (Å²) in [6.45, 7) is 2.22. The molecule has 0 aliphatic carbocycles. The third-order valence-electron chi connectivity index (χ3n) is 3.23. The lowest BCUT2D eigenvalue weighted by Gasteiger charge is -2.43. The molecule has 0 bridgehead atoms. The van der Waals surface area contributed by atoms with Gasteiger partial charge in [-0.25, -0.2) is 0 Å². The number of rotatable bonds is 4. The van der Waals surface area contributed by atoms with Crippen LogP contribution in [0.25, 0.3) is 0 Å². The fraction of sp³-hybridized carbons (Fsp3) is 0.538. The molecule has 0 radical (unpaired) electrons. The molecule has 1 aromatic rings. The minimum absolute atomic E-state index is 0.0998. The monoisotopic (exact) mass is 259 g/mol. The van der Waals surface area contributed by atoms with Crippen LogP contribution in [-0.2, 0) is 10.2 Å². The van der Waals surface area contributed by atoms with Crippen molar-refractivity contribution in [2.24, 2.45) is 0 Å². The van der Waals surface area contributed by atoms with Gasteiger partial charge in [-0.15, -0.1) is 0 Å². The summed E-state index contributed by atoms with van der Waals surface area (Å²) >= 11 is 0. The Labute approximate surface area is 104 Å². The molecular formula is C13H16F3NO. The van der Waals surface area contributed by atoms with Crippen LogP contribution in [0.3, 0.4) is 0 Å². The first-order valence-electron chi connectivity index (χ1n) is 5.84. The topological polar surface area (TPSA) is 21.3 Å². The molecule has 1 aliphatic rings. The Balaban J connectivity index is 2.00. The molecule has 5 heteroatoms. The minimum Gasteiger partial charge on any atom is -0.371 e. The molecule has 1 aliphatic heterocycles. The molecule has 1 heterocycles. The largest absolute Gasteiger partial charge is 0.411 e. The van der Waals surface area contributed by atoms with Crippen LogP contribution in [0, 0.1) is 6.92 Å². The van der Waals surface area contributed by atoms with Gasteiger partial charge in [-0.3, -0.25) is 0 Å². The lowest BCUT2D eigenvalue weighted by atomic mass is 9.76. The van der Waals surface area contributed by atoms with Gasteiger partial charge in [-0.2, -0.15) is 13.2 Å². The smallest absolute Gasteiger partial charge is 0.371 e. The van der Waals surface area contributed by atoms with Crippen molar-refractivity contribution in [2.45, 2.75) is 18.5 Å². The highest BCUT2D eigenvalue weighted by Crippen LogP contribution is 2.30. The number of hydrogen-bond donors (Lipinski definition) is 1. The standard InChI is InChI=1S/C13H16F3NO/c1-10-2-4-11(5-3-10)12(6-17-7-12)8-18-9-13(14,15)16/h2-5,17H,6-9H2,1H3. The van der Waals surface area contributed by atoms with E-state index in [0.29, 0.717) is 13.1 Å². The maximum absolute atomic E-state index is 12.1. The number of ether oxygens (including phenoxy) is 1. The van der Waals surface area contributed by atoms with Gasteiger partial charge in [0.05, 0.1) is 6.61 Å². The summed E-state index contributed by atoms with van der Waals surface area (Å²) in [5, 5.41) is 3.10. The van der Waals surface area contributed by atoms with Crippen molar-refractivity contribution in [1.29, 1.82) is 0 Å². The normalized spacial score (nSPS) is 18.4. The van der Waals surface area contributed by atoms with Crippen LogP contribution in [0.4, 0.5) is 13.2 Å². The van der Waals surface area contributed by atoms with E-state index in [1.165, 1.54) is 0 Å². The number of benzene rings is 1. The molecule has 2 rings (SSSR count). The van der Waals surface area contributed by atoms with Gasteiger partial charge in [0.15, 0.2) is 0 Å². The summed E-state index contributed by atoms with van der Waals surface area (Å²) < 4.78 is 41.0. The van der Waals surface area contributed by atoms with Gasteiger partial charge in [0.1, 0.15) is 6.61 Å². The van der Waals surface area contributed by atoms with Gasteiger partial charge in [-0.1, -0.05) is 29.8 Å². The molecule has 2 nitrogen and oxygen atoms in total. The Morgan fingerprint density at radius 3 is 2.28 bits per heavy atom. The third kappa shape index (κ3) is 3.03. The molecule has 100 valence electrons. The first-order chi connectivity index (χ1) is 8.41. The molecule has 0 saturated carbocycles. The summed E-state index contributed by atoms with van der Waals surface area (Å²) in [7, 11) is 0. The Kier molecular flexibility index (Phi) is 3.64. The molecule has 1 aromatic carbocycles. The molecule has 1 saturated heterocycles. The van der Waals surface area contributed by atoms with Crippen molar-refractivity contribution in [3.05, 3.63) is 35.4 Å². The van der Waals surface area contributed by atoms with E-state index in [1.54, 1.807) is 0 Å². The number of aryl methyl sites for hydroxylation is 1. The van der Waals surface area contributed by atoms with Gasteiger partial charge in [0, 0.05) is 18.5 Å². The Hall–Kier alpha value is -1.07. The van der Waals surface area contributed by atoms with E-state index < -0.39 is 12.8 Å². The first-order valence-corrected chi connectivity index (χ1v) is 5.84. The van der Waals surface area contributed by atoms with Crippen LogP contribution in [0.1, 0.15) is 11.1 Å². The van der Waals surface area contributed by atoms with Gasteiger partial charge in [-0.05, 0) is 12.5 Å². The third-order valence-corrected chi connectivity index (χ3v) is 3.23. The second-order valence-electron chi connectivity index (χ2n) is 4.86. The van der Waals surface area contributed by atoms with Crippen molar-refractivity contribution < 1.29 is 17.9 Å². The zero-order valence-electron chi connectivity index (χ0n) is 10.2. The van der Waals surface area contributed by atoms with Crippen molar-refractivity contribution in [3.63, 3.8) is 0 Å². The summed E-state index contributed by atoms with van der Waals surface area (Å²) in [6, 6.07) is 7.87. The van der Waals surface area contributed by atoms with Gasteiger partial charge >= 0.3 is 6.18 Å². The molecule has 0 spiro atoms. The second-order valence-corrected chi connectivity index (χ2v) is 4.86. The zero-order chi connectivity index (χ0) is 13.2. The summed E-state index contributed by atoms with van der Waals surface area (Å²) in [5.74, 6) is 0. The Morgan fingerprint density at radius 2 is 1.83 bits per heavy atom. The van der Waals surface area contributed by atoms with Crippen molar-refractivity contribution in [1.82, 2.24) is 5.32 Å². The highest BCUT2D eigenvalue weighted by atomic mass is 19.4. The Morgan fingerprint density at radius 1 is 1.22 bits per heavy atom. The zero-order valence-corrected chi connectivity index (χ0v) is 10.2. The average molecular weight is 259 g/mol. The highest BCUT2D eigenvalue weighted by Gasteiger charge is 2.40. The fourth-order valence-corrected chi connectivity index (χ4v) is 2.09. The van der Waals surface area contributed by atoms with Crippen molar-refractivity contribution in [2.75, 3.05) is 26.3 Å². The van der Waals surface area contributed by atoms with Crippen molar-refractivity contribution >= 4 is 0 Å². The summed E-state index contributed by atoms with van der Waals surface area (Å²) in [5.41, 5.74) is 1.87. The maximum atomic E-state index is 12.1. The molecule has 0 atom stereocenters. The first kappa shape index (κ1) is 13.4. The van der Waals surface area contributed by atoms with E-state index in [4.69, 9.17) is 4.74 Å². The predicted molar refractivity (Wildman–Crippen MR) is 62.6 cm³/mol. The lowest BCUT2D eigenvalue weighted by Crippen LogP contribution is -2.59. The molecule has 0 amide bonds. The van der Waals surface area contributed by atoms with E-state index in [2.05, 4.69) is 5.32 Å². The van der Waals surface area contributed by atoms with Crippen molar-refractivity contribution in [3.8, 4) is 0 Å². The van der Waals surface area contributed by atoms with E-state index >= 15 is 0 Å². The molecule has 0 aromatic heterocycles. The minimum atomic E-state index is -4.26. The summed E-state index contributed by atoms with van der Waals surface area (Å²) in [4.78, 5) is 0. The summed E-state index contributed by atoms with van der Waals surface area (Å²) in [6.07, 6.45) is -4.26. The van der Waals surface area contributed by atoms with E-state index in [9.17, 15) is 13.2 Å². The van der Waals surface area contributed by atoms with Crippen LogP contribution in [0.2, 0.25) is 0 Å². The van der Waals surface area contributed by atoms with Crippen LogP contribution < -0.4 is 5.32 Å². The average Bonchev–Trinajstić information content (AvgIpc) is 2.22.